The zero-order valence-electron chi connectivity index (χ0n) is 11.8. The minimum atomic E-state index is -0.407. The Bertz CT molecular complexity index is 624. The smallest absolute Gasteiger partial charge is 0.158 e. The van der Waals surface area contributed by atoms with Crippen LogP contribution in [0.5, 0.6) is 0 Å². The van der Waals surface area contributed by atoms with E-state index in [1.54, 1.807) is 13.1 Å². The first kappa shape index (κ1) is 15.5. The van der Waals surface area contributed by atoms with Crippen molar-refractivity contribution in [3.8, 4) is 0 Å². The molecule has 5 nitrogen and oxygen atoms in total. The Hall–Kier alpha value is -1.92. The van der Waals surface area contributed by atoms with E-state index >= 15 is 0 Å². The third kappa shape index (κ3) is 4.27. The lowest BCUT2D eigenvalue weighted by Gasteiger charge is -2.11. The molecule has 2 rings (SSSR count). The highest BCUT2D eigenvalue weighted by atomic mass is 35.5. The molecule has 1 heterocycles. The second kappa shape index (κ2) is 7.19. The van der Waals surface area contributed by atoms with Gasteiger partial charge in [0.05, 0.1) is 5.69 Å². The van der Waals surface area contributed by atoms with E-state index in [-0.39, 0.29) is 5.69 Å². The van der Waals surface area contributed by atoms with Crippen molar-refractivity contribution < 1.29 is 9.13 Å². The highest BCUT2D eigenvalue weighted by molar-refractivity contribution is 6.30. The number of nitrogens with one attached hydrogen (secondary N) is 2. The lowest BCUT2D eigenvalue weighted by atomic mass is 10.3. The maximum absolute atomic E-state index is 13.7. The van der Waals surface area contributed by atoms with Gasteiger partial charge in [0.25, 0.3) is 0 Å². The standard InChI is InChI=1S/C14H16ClFN4O/c1-3-21-8-14-19-12(17-2)7-13(20-14)18-11-6-9(15)4-5-10(11)16/h4-7H,3,8H2,1-2H3,(H2,17,18,19,20). The highest BCUT2D eigenvalue weighted by Gasteiger charge is 2.08. The van der Waals surface area contributed by atoms with Crippen LogP contribution in [-0.2, 0) is 11.3 Å². The van der Waals surface area contributed by atoms with Crippen LogP contribution >= 0.6 is 11.6 Å². The first-order chi connectivity index (χ1) is 10.1. The predicted octanol–water partition coefficient (Wildman–Crippen LogP) is 3.59. The molecule has 2 N–H and O–H groups in total. The fraction of sp³-hybridized carbons (Fsp3) is 0.286. The highest BCUT2D eigenvalue weighted by Crippen LogP contribution is 2.23. The van der Waals surface area contributed by atoms with Gasteiger partial charge in [-0.3, -0.25) is 0 Å². The molecule has 7 heteroatoms. The summed E-state index contributed by atoms with van der Waals surface area (Å²) in [6.45, 7) is 2.75. The minimum absolute atomic E-state index is 0.255. The molecule has 112 valence electrons. The van der Waals surface area contributed by atoms with Gasteiger partial charge in [0.1, 0.15) is 24.1 Å². The quantitative estimate of drug-likeness (QED) is 0.854. The van der Waals surface area contributed by atoms with Crippen LogP contribution in [0.15, 0.2) is 24.3 Å². The zero-order chi connectivity index (χ0) is 15.2. The van der Waals surface area contributed by atoms with E-state index in [0.29, 0.717) is 35.7 Å². The largest absolute Gasteiger partial charge is 0.374 e. The van der Waals surface area contributed by atoms with E-state index in [4.69, 9.17) is 16.3 Å². The molecule has 0 unspecified atom stereocenters. The Morgan fingerprint density at radius 2 is 2.00 bits per heavy atom. The van der Waals surface area contributed by atoms with Crippen molar-refractivity contribution >= 4 is 28.9 Å². The predicted molar refractivity (Wildman–Crippen MR) is 81.6 cm³/mol. The Kier molecular flexibility index (Phi) is 5.30. The van der Waals surface area contributed by atoms with Gasteiger partial charge < -0.3 is 15.4 Å². The Morgan fingerprint density at radius 3 is 2.71 bits per heavy atom. The zero-order valence-corrected chi connectivity index (χ0v) is 12.5. The van der Waals surface area contributed by atoms with E-state index in [1.165, 1.54) is 18.2 Å². The van der Waals surface area contributed by atoms with Crippen molar-refractivity contribution in [2.24, 2.45) is 0 Å². The van der Waals surface area contributed by atoms with E-state index in [0.717, 1.165) is 0 Å². The average molecular weight is 311 g/mol. The van der Waals surface area contributed by atoms with Gasteiger partial charge in [0, 0.05) is 24.7 Å². The van der Waals surface area contributed by atoms with Gasteiger partial charge in [-0.1, -0.05) is 11.6 Å². The number of nitrogens with zero attached hydrogens (tertiary/aromatic N) is 2. The molecule has 0 bridgehead atoms. The van der Waals surface area contributed by atoms with Crippen LogP contribution in [-0.4, -0.2) is 23.6 Å². The number of hydrogen-bond acceptors (Lipinski definition) is 5. The first-order valence-corrected chi connectivity index (χ1v) is 6.85. The van der Waals surface area contributed by atoms with Gasteiger partial charge in [0.2, 0.25) is 0 Å². The van der Waals surface area contributed by atoms with Gasteiger partial charge in [0.15, 0.2) is 5.82 Å². The second-order valence-electron chi connectivity index (χ2n) is 4.19. The molecule has 0 atom stereocenters. The van der Waals surface area contributed by atoms with Crippen LogP contribution in [0, 0.1) is 5.82 Å². The fourth-order valence-electron chi connectivity index (χ4n) is 1.68. The maximum atomic E-state index is 13.7. The third-order valence-corrected chi connectivity index (χ3v) is 2.89. The van der Waals surface area contributed by atoms with Crippen LogP contribution in [0.25, 0.3) is 0 Å². The SMILES string of the molecule is CCOCc1nc(NC)cc(Nc2cc(Cl)ccc2F)n1. The van der Waals surface area contributed by atoms with Gasteiger partial charge in [-0.2, -0.15) is 0 Å². The molecule has 0 fully saturated rings. The molecule has 0 amide bonds. The van der Waals surface area contributed by atoms with Crippen molar-refractivity contribution in [1.82, 2.24) is 9.97 Å². The first-order valence-electron chi connectivity index (χ1n) is 6.48. The summed E-state index contributed by atoms with van der Waals surface area (Å²) in [5.41, 5.74) is 0.255. The Labute approximate surface area is 127 Å². The lowest BCUT2D eigenvalue weighted by molar-refractivity contribution is 0.128. The van der Waals surface area contributed by atoms with E-state index in [9.17, 15) is 4.39 Å². The van der Waals surface area contributed by atoms with E-state index in [2.05, 4.69) is 20.6 Å². The van der Waals surface area contributed by atoms with Gasteiger partial charge in [-0.15, -0.1) is 0 Å². The molecule has 0 aliphatic rings. The summed E-state index contributed by atoms with van der Waals surface area (Å²) in [6, 6.07) is 5.96. The molecule has 2 aromatic rings. The topological polar surface area (TPSA) is 59.1 Å². The molecular weight excluding hydrogens is 295 g/mol. The van der Waals surface area contributed by atoms with Crippen molar-refractivity contribution in [1.29, 1.82) is 0 Å². The Morgan fingerprint density at radius 1 is 1.24 bits per heavy atom. The summed E-state index contributed by atoms with van der Waals surface area (Å²) in [4.78, 5) is 8.55. The Balaban J connectivity index is 2.27. The summed E-state index contributed by atoms with van der Waals surface area (Å²) in [5.74, 6) is 1.18. The maximum Gasteiger partial charge on any atom is 0.158 e. The number of rotatable bonds is 6. The summed E-state index contributed by atoms with van der Waals surface area (Å²) in [6.07, 6.45) is 0. The molecule has 1 aromatic heterocycles. The molecule has 0 saturated carbocycles. The molecule has 0 aliphatic carbocycles. The lowest BCUT2D eigenvalue weighted by Crippen LogP contribution is -2.06. The third-order valence-electron chi connectivity index (χ3n) is 2.66. The van der Waals surface area contributed by atoms with Crippen LogP contribution in [0.2, 0.25) is 5.02 Å². The fourth-order valence-corrected chi connectivity index (χ4v) is 1.85. The summed E-state index contributed by atoms with van der Waals surface area (Å²) < 4.78 is 19.0. The monoisotopic (exact) mass is 310 g/mol. The van der Waals surface area contributed by atoms with Crippen molar-refractivity contribution in [3.63, 3.8) is 0 Å². The normalized spacial score (nSPS) is 10.5. The van der Waals surface area contributed by atoms with E-state index in [1.807, 2.05) is 6.92 Å². The van der Waals surface area contributed by atoms with Crippen molar-refractivity contribution in [2.45, 2.75) is 13.5 Å². The van der Waals surface area contributed by atoms with Gasteiger partial charge in [-0.25, -0.2) is 14.4 Å². The summed E-state index contributed by atoms with van der Waals surface area (Å²) in [7, 11) is 1.75. The molecule has 0 radical (unpaired) electrons. The van der Waals surface area contributed by atoms with Crippen molar-refractivity contribution in [2.75, 3.05) is 24.3 Å². The molecule has 0 spiro atoms. The number of aromatic nitrogens is 2. The number of benzene rings is 1. The van der Waals surface area contributed by atoms with E-state index < -0.39 is 5.82 Å². The van der Waals surface area contributed by atoms with Crippen LogP contribution in [0.3, 0.4) is 0 Å². The molecule has 1 aromatic carbocycles. The molecule has 0 aliphatic heterocycles. The van der Waals surface area contributed by atoms with Gasteiger partial charge in [-0.05, 0) is 25.1 Å². The number of hydrogen-bond donors (Lipinski definition) is 2. The second-order valence-corrected chi connectivity index (χ2v) is 4.63. The minimum Gasteiger partial charge on any atom is -0.374 e. The van der Waals surface area contributed by atoms with Crippen LogP contribution < -0.4 is 10.6 Å². The molecule has 21 heavy (non-hydrogen) atoms. The number of ether oxygens (including phenoxy) is 1. The van der Waals surface area contributed by atoms with Gasteiger partial charge >= 0.3 is 0 Å². The van der Waals surface area contributed by atoms with Crippen LogP contribution in [0.1, 0.15) is 12.7 Å². The number of anilines is 3. The molecular formula is C14H16ClFN4O. The summed E-state index contributed by atoms with van der Waals surface area (Å²) in [5, 5.41) is 6.27. The van der Waals surface area contributed by atoms with Crippen molar-refractivity contribution in [3.05, 3.63) is 40.9 Å². The summed E-state index contributed by atoms with van der Waals surface area (Å²) >= 11 is 5.87. The van der Waals surface area contributed by atoms with Crippen LogP contribution in [0.4, 0.5) is 21.7 Å². The molecule has 0 saturated heterocycles. The average Bonchev–Trinajstić information content (AvgIpc) is 2.48. The number of halogens is 2.